The van der Waals surface area contributed by atoms with Gasteiger partial charge in [0.05, 0.1) is 17.7 Å². The molecule has 1 spiro atoms. The molecule has 1 N–H and O–H groups in total. The Balaban J connectivity index is 1.31. The molecule has 2 atom stereocenters. The maximum absolute atomic E-state index is 12.7. The highest BCUT2D eigenvalue weighted by Gasteiger charge is 2.55. The van der Waals surface area contributed by atoms with Crippen molar-refractivity contribution in [3.8, 4) is 0 Å². The average Bonchev–Trinajstić information content (AvgIpc) is 2.83. The van der Waals surface area contributed by atoms with Crippen molar-refractivity contribution in [1.29, 1.82) is 0 Å². The number of carbonyl (C=O) groups is 3. The zero-order chi connectivity index (χ0) is 18.6. The van der Waals surface area contributed by atoms with Gasteiger partial charge in [0, 0.05) is 50.1 Å². The first-order chi connectivity index (χ1) is 12.3. The minimum Gasteiger partial charge on any atom is -0.469 e. The summed E-state index contributed by atoms with van der Waals surface area (Å²) in [6.45, 7) is 8.89. The van der Waals surface area contributed by atoms with Crippen LogP contribution in [-0.4, -0.2) is 60.2 Å². The van der Waals surface area contributed by atoms with Crippen LogP contribution in [0.15, 0.2) is 10.7 Å². The number of furan rings is 1. The van der Waals surface area contributed by atoms with Crippen molar-refractivity contribution in [2.75, 3.05) is 32.7 Å². The summed E-state index contributed by atoms with van der Waals surface area (Å²) < 4.78 is 5.33. The monoisotopic (exact) mass is 359 g/mol. The van der Waals surface area contributed by atoms with Crippen LogP contribution in [0.5, 0.6) is 0 Å². The SMILES string of the molecule is Cc1coc(C)c1C(=O)N1CC2(C1)CN(C(=O)C1CNC(=O)CC1C)C2. The lowest BCUT2D eigenvalue weighted by molar-refractivity contribution is -0.161. The first-order valence-corrected chi connectivity index (χ1v) is 9.19. The highest BCUT2D eigenvalue weighted by atomic mass is 16.3. The second-order valence-electron chi connectivity index (χ2n) is 8.30. The minimum atomic E-state index is -0.126. The number of amides is 3. The van der Waals surface area contributed by atoms with Gasteiger partial charge in [0.25, 0.3) is 5.91 Å². The molecule has 0 aliphatic carbocycles. The van der Waals surface area contributed by atoms with Crippen LogP contribution in [-0.2, 0) is 9.59 Å². The molecule has 0 saturated carbocycles. The Morgan fingerprint density at radius 2 is 1.85 bits per heavy atom. The van der Waals surface area contributed by atoms with Crippen LogP contribution >= 0.6 is 0 Å². The summed E-state index contributed by atoms with van der Waals surface area (Å²) in [5, 5.41) is 2.80. The summed E-state index contributed by atoms with van der Waals surface area (Å²) in [7, 11) is 0. The average molecular weight is 359 g/mol. The number of carbonyl (C=O) groups excluding carboxylic acids is 3. The summed E-state index contributed by atoms with van der Waals surface area (Å²) >= 11 is 0. The highest BCUT2D eigenvalue weighted by molar-refractivity contribution is 5.97. The van der Waals surface area contributed by atoms with Gasteiger partial charge in [0.1, 0.15) is 5.76 Å². The van der Waals surface area contributed by atoms with Gasteiger partial charge in [-0.05, 0) is 19.8 Å². The zero-order valence-corrected chi connectivity index (χ0v) is 15.5. The van der Waals surface area contributed by atoms with E-state index in [1.165, 1.54) is 0 Å². The van der Waals surface area contributed by atoms with E-state index in [2.05, 4.69) is 5.32 Å². The van der Waals surface area contributed by atoms with Crippen LogP contribution in [0.1, 0.15) is 35.0 Å². The molecule has 3 aliphatic heterocycles. The van der Waals surface area contributed by atoms with Gasteiger partial charge < -0.3 is 19.5 Å². The molecule has 0 bridgehead atoms. The third kappa shape index (κ3) is 2.61. The third-order valence-corrected chi connectivity index (χ3v) is 6.11. The molecule has 7 heteroatoms. The van der Waals surface area contributed by atoms with Crippen LogP contribution in [0.2, 0.25) is 0 Å². The number of nitrogens with zero attached hydrogens (tertiary/aromatic N) is 2. The van der Waals surface area contributed by atoms with Crippen molar-refractivity contribution in [2.24, 2.45) is 17.3 Å². The van der Waals surface area contributed by atoms with Crippen molar-refractivity contribution in [3.05, 3.63) is 23.2 Å². The van der Waals surface area contributed by atoms with Gasteiger partial charge in [-0.2, -0.15) is 0 Å². The molecule has 140 valence electrons. The normalized spacial score (nSPS) is 27.0. The predicted octanol–water partition coefficient (Wildman–Crippen LogP) is 0.953. The molecule has 0 aromatic carbocycles. The van der Waals surface area contributed by atoms with Crippen LogP contribution < -0.4 is 5.32 Å². The second kappa shape index (κ2) is 5.86. The Morgan fingerprint density at radius 1 is 1.19 bits per heavy atom. The molecule has 4 rings (SSSR count). The lowest BCUT2D eigenvalue weighted by Gasteiger charge is -2.60. The Bertz CT molecular complexity index is 750. The van der Waals surface area contributed by atoms with Crippen LogP contribution in [0.3, 0.4) is 0 Å². The van der Waals surface area contributed by atoms with E-state index in [0.717, 1.165) is 5.56 Å². The summed E-state index contributed by atoms with van der Waals surface area (Å²) in [5.41, 5.74) is 1.59. The number of hydrogen-bond acceptors (Lipinski definition) is 4. The van der Waals surface area contributed by atoms with E-state index in [9.17, 15) is 14.4 Å². The van der Waals surface area contributed by atoms with E-state index in [-0.39, 0.29) is 35.0 Å². The number of aryl methyl sites for hydroxylation is 2. The Hall–Kier alpha value is -2.31. The van der Waals surface area contributed by atoms with Crippen molar-refractivity contribution in [1.82, 2.24) is 15.1 Å². The van der Waals surface area contributed by atoms with E-state index >= 15 is 0 Å². The Labute approximate surface area is 152 Å². The highest BCUT2D eigenvalue weighted by Crippen LogP contribution is 2.41. The standard InChI is InChI=1S/C19H25N3O4/c1-11-4-15(23)20-5-14(11)17(24)21-7-19(8-21)9-22(10-19)18(25)16-12(2)6-26-13(16)3/h6,11,14H,4-5,7-10H2,1-3H3,(H,20,23). The van der Waals surface area contributed by atoms with Crippen LogP contribution in [0.4, 0.5) is 0 Å². The smallest absolute Gasteiger partial charge is 0.257 e. The molecule has 1 aromatic rings. The molecule has 2 unspecified atom stereocenters. The second-order valence-corrected chi connectivity index (χ2v) is 8.30. The molecular weight excluding hydrogens is 334 g/mol. The van der Waals surface area contributed by atoms with E-state index in [4.69, 9.17) is 4.42 Å². The Morgan fingerprint density at radius 3 is 2.42 bits per heavy atom. The molecule has 4 heterocycles. The molecule has 0 radical (unpaired) electrons. The fourth-order valence-electron chi connectivity index (χ4n) is 4.57. The summed E-state index contributed by atoms with van der Waals surface area (Å²) in [4.78, 5) is 40.5. The number of nitrogens with one attached hydrogen (secondary N) is 1. The topological polar surface area (TPSA) is 82.9 Å². The maximum Gasteiger partial charge on any atom is 0.257 e. The minimum absolute atomic E-state index is 0.0211. The van der Waals surface area contributed by atoms with E-state index in [1.807, 2.05) is 30.6 Å². The molecular formula is C19H25N3O4. The van der Waals surface area contributed by atoms with E-state index in [0.29, 0.717) is 50.5 Å². The van der Waals surface area contributed by atoms with Crippen molar-refractivity contribution < 1.29 is 18.8 Å². The number of likely N-dealkylation sites (tertiary alicyclic amines) is 2. The molecule has 3 saturated heterocycles. The molecule has 3 fully saturated rings. The zero-order valence-electron chi connectivity index (χ0n) is 15.5. The molecule has 1 aromatic heterocycles. The molecule has 7 nitrogen and oxygen atoms in total. The number of hydrogen-bond donors (Lipinski definition) is 1. The quantitative estimate of drug-likeness (QED) is 0.852. The lowest BCUT2D eigenvalue weighted by Crippen LogP contribution is -2.74. The van der Waals surface area contributed by atoms with Gasteiger partial charge >= 0.3 is 0 Å². The van der Waals surface area contributed by atoms with Gasteiger partial charge in [-0.15, -0.1) is 0 Å². The fraction of sp³-hybridized carbons (Fsp3) is 0.632. The van der Waals surface area contributed by atoms with Crippen molar-refractivity contribution in [2.45, 2.75) is 27.2 Å². The largest absolute Gasteiger partial charge is 0.469 e. The fourth-order valence-corrected chi connectivity index (χ4v) is 4.57. The maximum atomic E-state index is 12.7. The lowest BCUT2D eigenvalue weighted by atomic mass is 9.71. The molecule has 3 aliphatic rings. The number of piperidine rings is 1. The van der Waals surface area contributed by atoms with Gasteiger partial charge in [-0.3, -0.25) is 14.4 Å². The number of rotatable bonds is 2. The summed E-state index contributed by atoms with van der Waals surface area (Å²) in [5.74, 6) is 0.799. The Kier molecular flexibility index (Phi) is 3.86. The third-order valence-electron chi connectivity index (χ3n) is 6.11. The summed E-state index contributed by atoms with van der Waals surface area (Å²) in [6, 6.07) is 0. The molecule has 3 amide bonds. The van der Waals surface area contributed by atoms with Gasteiger partial charge in [0.15, 0.2) is 0 Å². The molecule has 26 heavy (non-hydrogen) atoms. The van der Waals surface area contributed by atoms with E-state index in [1.54, 1.807) is 6.26 Å². The van der Waals surface area contributed by atoms with E-state index < -0.39 is 0 Å². The van der Waals surface area contributed by atoms with Gasteiger partial charge in [-0.1, -0.05) is 6.92 Å². The first-order valence-electron chi connectivity index (χ1n) is 9.19. The van der Waals surface area contributed by atoms with Crippen molar-refractivity contribution >= 4 is 17.7 Å². The first kappa shape index (κ1) is 17.1. The van der Waals surface area contributed by atoms with Crippen LogP contribution in [0, 0.1) is 31.1 Å². The predicted molar refractivity (Wildman–Crippen MR) is 93.4 cm³/mol. The van der Waals surface area contributed by atoms with Gasteiger partial charge in [0.2, 0.25) is 11.8 Å². The van der Waals surface area contributed by atoms with Crippen molar-refractivity contribution in [3.63, 3.8) is 0 Å². The summed E-state index contributed by atoms with van der Waals surface area (Å²) in [6.07, 6.45) is 2.03. The van der Waals surface area contributed by atoms with Crippen LogP contribution in [0.25, 0.3) is 0 Å². The van der Waals surface area contributed by atoms with Gasteiger partial charge in [-0.25, -0.2) is 0 Å².